The Kier molecular flexibility index (Phi) is 5.10. The van der Waals surface area contributed by atoms with Gasteiger partial charge in [-0.15, -0.1) is 0 Å². The number of carbonyl (C=O) groups excluding carboxylic acids is 2. The number of nitrogens with two attached hydrogens (primary N) is 1. The highest BCUT2D eigenvalue weighted by Gasteiger charge is 2.12. The zero-order valence-electron chi connectivity index (χ0n) is 10.0. The quantitative estimate of drug-likeness (QED) is 0.608. The fourth-order valence-corrected chi connectivity index (χ4v) is 1.31. The summed E-state index contributed by atoms with van der Waals surface area (Å²) in [5.74, 6) is -1.52. The Morgan fingerprint density at radius 1 is 1.44 bits per heavy atom. The Labute approximate surface area is 104 Å². The number of hydrogen-bond acceptors (Lipinski definition) is 4. The van der Waals surface area contributed by atoms with Crippen LogP contribution in [0, 0.1) is 5.82 Å². The van der Waals surface area contributed by atoms with Crippen LogP contribution in [0.1, 0.15) is 23.7 Å². The first-order valence-electron chi connectivity index (χ1n) is 5.53. The van der Waals surface area contributed by atoms with Crippen molar-refractivity contribution in [2.75, 3.05) is 18.9 Å². The molecule has 0 spiro atoms. The Morgan fingerprint density at radius 2 is 2.17 bits per heavy atom. The van der Waals surface area contributed by atoms with Gasteiger partial charge in [-0.25, -0.2) is 9.18 Å². The lowest BCUT2D eigenvalue weighted by Gasteiger charge is -2.07. The molecule has 1 rings (SSSR count). The smallest absolute Gasteiger partial charge is 0.340 e. The summed E-state index contributed by atoms with van der Waals surface area (Å²) in [5, 5.41) is 2.56. The van der Waals surface area contributed by atoms with Gasteiger partial charge in [0.15, 0.2) is 0 Å². The van der Waals surface area contributed by atoms with E-state index in [1.54, 1.807) is 6.92 Å². The largest absolute Gasteiger partial charge is 0.461 e. The lowest BCUT2D eigenvalue weighted by atomic mass is 10.2. The Bertz CT molecular complexity index is 449. The molecule has 0 aromatic heterocycles. The van der Waals surface area contributed by atoms with Crippen LogP contribution in [-0.2, 0) is 9.53 Å². The van der Waals surface area contributed by atoms with E-state index in [1.807, 2.05) is 0 Å². The summed E-state index contributed by atoms with van der Waals surface area (Å²) in [6.45, 7) is 2.24. The van der Waals surface area contributed by atoms with Gasteiger partial charge < -0.3 is 15.8 Å². The minimum atomic E-state index is -0.740. The molecule has 0 radical (unpaired) electrons. The fourth-order valence-electron chi connectivity index (χ4n) is 1.31. The molecule has 0 aliphatic rings. The maximum Gasteiger partial charge on any atom is 0.340 e. The first-order valence-corrected chi connectivity index (χ1v) is 5.53. The zero-order valence-corrected chi connectivity index (χ0v) is 10.0. The van der Waals surface area contributed by atoms with Gasteiger partial charge in [-0.1, -0.05) is 0 Å². The molecule has 0 fully saturated rings. The highest BCUT2D eigenvalue weighted by atomic mass is 19.1. The van der Waals surface area contributed by atoms with E-state index >= 15 is 0 Å². The molecular formula is C12H15FN2O3. The number of carbonyl (C=O) groups is 2. The molecule has 98 valence electrons. The average Bonchev–Trinajstić information content (AvgIpc) is 2.32. The Hall–Kier alpha value is -2.11. The fraction of sp³-hybridized carbons (Fsp3) is 0.333. The van der Waals surface area contributed by atoms with Gasteiger partial charge >= 0.3 is 5.97 Å². The Balaban J connectivity index is 2.50. The summed E-state index contributed by atoms with van der Waals surface area (Å²) in [5.41, 5.74) is 5.62. The van der Waals surface area contributed by atoms with Crippen LogP contribution in [0.25, 0.3) is 0 Å². The summed E-state index contributed by atoms with van der Waals surface area (Å²) in [6.07, 6.45) is 0.0643. The van der Waals surface area contributed by atoms with E-state index in [4.69, 9.17) is 10.5 Å². The number of nitrogen functional groups attached to an aromatic ring is 1. The van der Waals surface area contributed by atoms with Crippen molar-refractivity contribution >= 4 is 17.6 Å². The van der Waals surface area contributed by atoms with E-state index in [1.165, 1.54) is 6.07 Å². The van der Waals surface area contributed by atoms with E-state index in [0.717, 1.165) is 12.1 Å². The summed E-state index contributed by atoms with van der Waals surface area (Å²) < 4.78 is 17.8. The average molecular weight is 254 g/mol. The zero-order chi connectivity index (χ0) is 13.5. The second-order valence-electron chi connectivity index (χ2n) is 3.57. The van der Waals surface area contributed by atoms with Crippen LogP contribution in [-0.4, -0.2) is 25.0 Å². The topological polar surface area (TPSA) is 81.4 Å². The number of nitrogens with one attached hydrogen (secondary N) is 1. The maximum absolute atomic E-state index is 12.9. The molecule has 0 aliphatic heterocycles. The lowest BCUT2D eigenvalue weighted by molar-refractivity contribution is -0.121. The third-order valence-electron chi connectivity index (χ3n) is 2.17. The number of anilines is 1. The van der Waals surface area contributed by atoms with E-state index in [-0.39, 0.29) is 30.2 Å². The SMILES string of the molecule is CCNC(=O)CCOC(=O)c1cc(F)ccc1N. The monoisotopic (exact) mass is 254 g/mol. The highest BCUT2D eigenvalue weighted by Crippen LogP contribution is 2.14. The predicted molar refractivity (Wildman–Crippen MR) is 64.4 cm³/mol. The molecule has 1 aromatic rings. The molecule has 1 aromatic carbocycles. The van der Waals surface area contributed by atoms with Crippen LogP contribution in [0.3, 0.4) is 0 Å². The van der Waals surface area contributed by atoms with Crippen molar-refractivity contribution in [1.82, 2.24) is 5.32 Å². The number of ether oxygens (including phenoxy) is 1. The van der Waals surface area contributed by atoms with Crippen LogP contribution in [0.15, 0.2) is 18.2 Å². The van der Waals surface area contributed by atoms with Crippen molar-refractivity contribution in [3.63, 3.8) is 0 Å². The summed E-state index contributed by atoms with van der Waals surface area (Å²) >= 11 is 0. The number of benzene rings is 1. The molecule has 1 amide bonds. The third-order valence-corrected chi connectivity index (χ3v) is 2.17. The van der Waals surface area contributed by atoms with Gasteiger partial charge in [0.2, 0.25) is 5.91 Å². The Morgan fingerprint density at radius 3 is 2.83 bits per heavy atom. The number of hydrogen-bond donors (Lipinski definition) is 2. The van der Waals surface area contributed by atoms with Gasteiger partial charge in [0.1, 0.15) is 12.4 Å². The van der Waals surface area contributed by atoms with Crippen molar-refractivity contribution in [2.45, 2.75) is 13.3 Å². The molecule has 0 aliphatic carbocycles. The summed E-state index contributed by atoms with van der Waals surface area (Å²) in [7, 11) is 0. The van der Waals surface area contributed by atoms with Crippen molar-refractivity contribution in [3.05, 3.63) is 29.6 Å². The molecule has 0 saturated heterocycles. The highest BCUT2D eigenvalue weighted by molar-refractivity contribution is 5.95. The summed E-state index contributed by atoms with van der Waals surface area (Å²) in [6, 6.07) is 3.44. The van der Waals surface area contributed by atoms with E-state index in [9.17, 15) is 14.0 Å². The summed E-state index contributed by atoms with van der Waals surface area (Å²) in [4.78, 5) is 22.7. The molecule has 0 unspecified atom stereocenters. The lowest BCUT2D eigenvalue weighted by Crippen LogP contribution is -2.24. The van der Waals surface area contributed by atoms with Crippen molar-refractivity contribution in [3.8, 4) is 0 Å². The maximum atomic E-state index is 12.9. The van der Waals surface area contributed by atoms with Gasteiger partial charge in [0, 0.05) is 12.2 Å². The van der Waals surface area contributed by atoms with Crippen LogP contribution in [0.5, 0.6) is 0 Å². The van der Waals surface area contributed by atoms with Crippen LogP contribution < -0.4 is 11.1 Å². The van der Waals surface area contributed by atoms with Crippen molar-refractivity contribution < 1.29 is 18.7 Å². The van der Waals surface area contributed by atoms with Crippen molar-refractivity contribution in [2.24, 2.45) is 0 Å². The van der Waals surface area contributed by atoms with E-state index in [2.05, 4.69) is 5.32 Å². The number of rotatable bonds is 5. The molecular weight excluding hydrogens is 239 g/mol. The van der Waals surface area contributed by atoms with Gasteiger partial charge in [0.05, 0.1) is 12.0 Å². The molecule has 0 bridgehead atoms. The molecule has 0 heterocycles. The first kappa shape index (κ1) is 14.0. The number of esters is 1. The molecule has 18 heavy (non-hydrogen) atoms. The van der Waals surface area contributed by atoms with E-state index in [0.29, 0.717) is 6.54 Å². The number of halogens is 1. The normalized spacial score (nSPS) is 9.89. The van der Waals surface area contributed by atoms with Gasteiger partial charge in [0.25, 0.3) is 0 Å². The van der Waals surface area contributed by atoms with Crippen LogP contribution in [0.4, 0.5) is 10.1 Å². The molecule has 5 nitrogen and oxygen atoms in total. The minimum absolute atomic E-state index is 0.0362. The molecule has 0 atom stereocenters. The van der Waals surface area contributed by atoms with Crippen LogP contribution in [0.2, 0.25) is 0 Å². The molecule has 0 saturated carbocycles. The number of amides is 1. The van der Waals surface area contributed by atoms with Gasteiger partial charge in [-0.3, -0.25) is 4.79 Å². The third kappa shape index (κ3) is 4.04. The van der Waals surface area contributed by atoms with Gasteiger partial charge in [-0.2, -0.15) is 0 Å². The molecule has 6 heteroatoms. The van der Waals surface area contributed by atoms with Crippen molar-refractivity contribution in [1.29, 1.82) is 0 Å². The second kappa shape index (κ2) is 6.58. The van der Waals surface area contributed by atoms with Gasteiger partial charge in [-0.05, 0) is 25.1 Å². The minimum Gasteiger partial charge on any atom is -0.461 e. The van der Waals surface area contributed by atoms with Crippen LogP contribution >= 0.6 is 0 Å². The first-order chi connectivity index (χ1) is 8.54. The second-order valence-corrected chi connectivity index (χ2v) is 3.57. The molecule has 3 N–H and O–H groups in total. The van der Waals surface area contributed by atoms with E-state index < -0.39 is 11.8 Å². The predicted octanol–water partition coefficient (Wildman–Crippen LogP) is 1.09. The standard InChI is InChI=1S/C12H15FN2O3/c1-2-15-11(16)5-6-18-12(17)9-7-8(13)3-4-10(9)14/h3-4,7H,2,5-6,14H2,1H3,(H,15,16).